The second-order valence-corrected chi connectivity index (χ2v) is 7.66. The third-order valence-corrected chi connectivity index (χ3v) is 4.71. The number of rotatable bonds is 5. The topological polar surface area (TPSA) is 43.6 Å². The third-order valence-electron chi connectivity index (χ3n) is 3.88. The molecule has 0 atom stereocenters. The van der Waals surface area contributed by atoms with Gasteiger partial charge in [0.05, 0.1) is 6.61 Å². The number of thiazole rings is 1. The van der Waals surface area contributed by atoms with Gasteiger partial charge in [0, 0.05) is 22.1 Å². The largest absolute Gasteiger partial charge is 0.494 e. The number of aromatic nitrogens is 2. The molecule has 1 aromatic carbocycles. The number of imidazole rings is 1. The first kappa shape index (κ1) is 16.7. The van der Waals surface area contributed by atoms with Crippen molar-refractivity contribution in [3.8, 4) is 17.0 Å². The highest BCUT2D eigenvalue weighted by Gasteiger charge is 2.24. The Labute approximate surface area is 146 Å². The predicted molar refractivity (Wildman–Crippen MR) is 98.4 cm³/mol. The molecular weight excluding hydrogens is 320 g/mol. The molecule has 2 aromatic heterocycles. The highest BCUT2D eigenvalue weighted by atomic mass is 32.1. The van der Waals surface area contributed by atoms with Crippen LogP contribution in [0.15, 0.2) is 29.6 Å². The molecule has 3 aromatic rings. The van der Waals surface area contributed by atoms with Crippen LogP contribution in [0.2, 0.25) is 0 Å². The molecule has 0 saturated carbocycles. The van der Waals surface area contributed by atoms with E-state index < -0.39 is 0 Å². The number of hydrogen-bond acceptors (Lipinski definition) is 4. The molecule has 0 amide bonds. The van der Waals surface area contributed by atoms with Gasteiger partial charge in [-0.15, -0.1) is 11.3 Å². The zero-order chi connectivity index (χ0) is 17.3. The number of fused-ring (bicyclic) bond motifs is 1. The molecule has 0 spiro atoms. The second-order valence-electron chi connectivity index (χ2n) is 6.83. The molecule has 0 aliphatic carbocycles. The van der Waals surface area contributed by atoms with Crippen LogP contribution in [-0.4, -0.2) is 22.3 Å². The lowest BCUT2D eigenvalue weighted by molar-refractivity contribution is 0.111. The first-order valence-corrected chi connectivity index (χ1v) is 9.02. The summed E-state index contributed by atoms with van der Waals surface area (Å²) in [6.45, 7) is 9.21. The molecule has 0 fully saturated rings. The van der Waals surface area contributed by atoms with Gasteiger partial charge in [0.2, 0.25) is 0 Å². The average molecular weight is 342 g/mol. The Morgan fingerprint density at radius 2 is 1.96 bits per heavy atom. The monoisotopic (exact) mass is 342 g/mol. The molecule has 0 aliphatic rings. The smallest absolute Gasteiger partial charge is 0.195 e. The van der Waals surface area contributed by atoms with Crippen LogP contribution < -0.4 is 4.74 Å². The van der Waals surface area contributed by atoms with Gasteiger partial charge in [-0.25, -0.2) is 4.98 Å². The van der Waals surface area contributed by atoms with E-state index in [-0.39, 0.29) is 5.41 Å². The Hall–Kier alpha value is -2.14. The molecule has 0 N–H and O–H groups in total. The van der Waals surface area contributed by atoms with Gasteiger partial charge >= 0.3 is 0 Å². The van der Waals surface area contributed by atoms with Crippen molar-refractivity contribution in [3.05, 3.63) is 41.0 Å². The summed E-state index contributed by atoms with van der Waals surface area (Å²) in [7, 11) is 0. The van der Waals surface area contributed by atoms with Crippen LogP contribution in [0.4, 0.5) is 0 Å². The minimum absolute atomic E-state index is 0.0498. The average Bonchev–Trinajstić information content (AvgIpc) is 3.11. The zero-order valence-electron chi connectivity index (χ0n) is 14.5. The lowest BCUT2D eigenvalue weighted by Gasteiger charge is -2.17. The molecule has 24 heavy (non-hydrogen) atoms. The van der Waals surface area contributed by atoms with Crippen molar-refractivity contribution in [2.45, 2.75) is 39.5 Å². The SMILES string of the molecule is CCCOc1ccc(-c2nc3scc(C(C)(C)C)n3c2C=O)cc1. The van der Waals surface area contributed by atoms with E-state index in [2.05, 4.69) is 38.1 Å². The fourth-order valence-electron chi connectivity index (χ4n) is 2.65. The van der Waals surface area contributed by atoms with Crippen molar-refractivity contribution in [3.63, 3.8) is 0 Å². The number of benzene rings is 1. The van der Waals surface area contributed by atoms with E-state index in [4.69, 9.17) is 4.74 Å². The van der Waals surface area contributed by atoms with Crippen LogP contribution in [0.25, 0.3) is 16.2 Å². The van der Waals surface area contributed by atoms with E-state index in [1.54, 1.807) is 11.3 Å². The van der Waals surface area contributed by atoms with Gasteiger partial charge in [0.25, 0.3) is 0 Å². The van der Waals surface area contributed by atoms with E-state index in [9.17, 15) is 4.79 Å². The van der Waals surface area contributed by atoms with Gasteiger partial charge in [-0.05, 0) is 30.7 Å². The Kier molecular flexibility index (Phi) is 4.45. The molecule has 4 nitrogen and oxygen atoms in total. The number of carbonyl (C=O) groups is 1. The van der Waals surface area contributed by atoms with Crippen molar-refractivity contribution in [2.75, 3.05) is 6.61 Å². The zero-order valence-corrected chi connectivity index (χ0v) is 15.3. The van der Waals surface area contributed by atoms with Gasteiger partial charge in [0.1, 0.15) is 17.1 Å². The summed E-state index contributed by atoms with van der Waals surface area (Å²) in [5.74, 6) is 0.838. The number of aldehydes is 1. The fraction of sp³-hybridized carbons (Fsp3) is 0.368. The Balaban J connectivity index is 2.07. The van der Waals surface area contributed by atoms with Crippen LogP contribution >= 0.6 is 11.3 Å². The normalized spacial score (nSPS) is 11.8. The Bertz CT molecular complexity index is 854. The summed E-state index contributed by atoms with van der Waals surface area (Å²) in [5.41, 5.74) is 3.32. The number of carbonyl (C=O) groups excluding carboxylic acids is 1. The molecule has 3 rings (SSSR count). The lowest BCUT2D eigenvalue weighted by Crippen LogP contribution is -2.15. The minimum atomic E-state index is -0.0498. The Morgan fingerprint density at radius 3 is 2.54 bits per heavy atom. The maximum Gasteiger partial charge on any atom is 0.195 e. The van der Waals surface area contributed by atoms with Crippen LogP contribution in [0.1, 0.15) is 50.3 Å². The second kappa shape index (κ2) is 6.40. The quantitative estimate of drug-likeness (QED) is 0.615. The van der Waals surface area contributed by atoms with E-state index in [0.717, 1.165) is 40.4 Å². The summed E-state index contributed by atoms with van der Waals surface area (Å²) in [5, 5.41) is 2.08. The number of hydrogen-bond donors (Lipinski definition) is 0. The van der Waals surface area contributed by atoms with Crippen molar-refractivity contribution >= 4 is 22.6 Å². The molecule has 2 heterocycles. The summed E-state index contributed by atoms with van der Waals surface area (Å²) in [4.78, 5) is 17.3. The molecule has 0 saturated heterocycles. The molecule has 0 bridgehead atoms. The van der Waals surface area contributed by atoms with Crippen molar-refractivity contribution < 1.29 is 9.53 Å². The van der Waals surface area contributed by atoms with Gasteiger partial charge in [-0.3, -0.25) is 9.20 Å². The van der Waals surface area contributed by atoms with E-state index in [1.165, 1.54) is 0 Å². The molecule has 0 unspecified atom stereocenters. The number of ether oxygens (including phenoxy) is 1. The van der Waals surface area contributed by atoms with Crippen LogP contribution in [0, 0.1) is 0 Å². The molecule has 0 aliphatic heterocycles. The summed E-state index contributed by atoms with van der Waals surface area (Å²) in [6.07, 6.45) is 1.88. The Morgan fingerprint density at radius 1 is 1.25 bits per heavy atom. The van der Waals surface area contributed by atoms with Crippen LogP contribution in [0.5, 0.6) is 5.75 Å². The summed E-state index contributed by atoms with van der Waals surface area (Å²) in [6, 6.07) is 7.78. The fourth-order valence-corrected chi connectivity index (χ4v) is 3.77. The molecular formula is C19H22N2O2S. The third kappa shape index (κ3) is 2.96. The summed E-state index contributed by atoms with van der Waals surface area (Å²) >= 11 is 1.57. The van der Waals surface area contributed by atoms with E-state index >= 15 is 0 Å². The first-order chi connectivity index (χ1) is 11.5. The maximum absolute atomic E-state index is 11.8. The summed E-state index contributed by atoms with van der Waals surface area (Å²) < 4.78 is 7.60. The first-order valence-electron chi connectivity index (χ1n) is 8.14. The van der Waals surface area contributed by atoms with E-state index in [1.807, 2.05) is 28.7 Å². The van der Waals surface area contributed by atoms with Gasteiger partial charge in [-0.1, -0.05) is 27.7 Å². The highest BCUT2D eigenvalue weighted by Crippen LogP contribution is 2.33. The minimum Gasteiger partial charge on any atom is -0.494 e. The van der Waals surface area contributed by atoms with Gasteiger partial charge in [-0.2, -0.15) is 0 Å². The molecule has 5 heteroatoms. The predicted octanol–water partition coefficient (Wildman–Crippen LogP) is 4.96. The van der Waals surface area contributed by atoms with E-state index in [0.29, 0.717) is 12.3 Å². The van der Waals surface area contributed by atoms with Crippen molar-refractivity contribution in [2.24, 2.45) is 0 Å². The molecule has 126 valence electrons. The highest BCUT2D eigenvalue weighted by molar-refractivity contribution is 7.15. The number of nitrogens with zero attached hydrogens (tertiary/aromatic N) is 2. The van der Waals surface area contributed by atoms with Gasteiger partial charge < -0.3 is 4.74 Å². The van der Waals surface area contributed by atoms with Crippen molar-refractivity contribution in [1.29, 1.82) is 0 Å². The lowest BCUT2D eigenvalue weighted by atomic mass is 9.93. The maximum atomic E-state index is 11.8. The van der Waals surface area contributed by atoms with Gasteiger partial charge in [0.15, 0.2) is 11.2 Å². The molecule has 0 radical (unpaired) electrons. The van der Waals surface area contributed by atoms with Crippen LogP contribution in [-0.2, 0) is 5.41 Å². The standard InChI is InChI=1S/C19H22N2O2S/c1-5-10-23-14-8-6-13(7-9-14)17-15(11-22)21-16(19(2,3)4)12-24-18(21)20-17/h6-9,11-12H,5,10H2,1-4H3. The van der Waals surface area contributed by atoms with Crippen molar-refractivity contribution in [1.82, 2.24) is 9.38 Å². The van der Waals surface area contributed by atoms with Crippen LogP contribution in [0.3, 0.4) is 0 Å².